The van der Waals surface area contributed by atoms with Crippen molar-refractivity contribution >= 4 is 11.8 Å². The summed E-state index contributed by atoms with van der Waals surface area (Å²) in [7, 11) is 1.55. The summed E-state index contributed by atoms with van der Waals surface area (Å²) in [6.45, 7) is 2.10. The molecule has 0 saturated heterocycles. The zero-order valence-electron chi connectivity index (χ0n) is 13.7. The van der Waals surface area contributed by atoms with E-state index in [9.17, 15) is 9.59 Å². The Balaban J connectivity index is 1.88. The van der Waals surface area contributed by atoms with Crippen LogP contribution >= 0.6 is 0 Å². The maximum atomic E-state index is 11.9. The third-order valence-corrected chi connectivity index (χ3v) is 3.38. The van der Waals surface area contributed by atoms with E-state index in [0.29, 0.717) is 17.1 Å². The Morgan fingerprint density at radius 3 is 2.62 bits per heavy atom. The van der Waals surface area contributed by atoms with Crippen LogP contribution in [0.15, 0.2) is 42.5 Å². The Kier molecular flexibility index (Phi) is 5.78. The summed E-state index contributed by atoms with van der Waals surface area (Å²) in [5, 5.41) is 2.73. The standard InChI is InChI=1S/C18H20N2O4/c1-12-6-7-15(16(8-12)23-2)24-11-17(21)20-10-13-4-3-5-14(9-13)18(19)22/h3-9H,10-11H2,1-2H3,(H2,19,22)(H,20,21). The van der Waals surface area contributed by atoms with Gasteiger partial charge in [0.15, 0.2) is 18.1 Å². The number of aryl methyl sites for hydroxylation is 1. The monoisotopic (exact) mass is 328 g/mol. The van der Waals surface area contributed by atoms with Crippen LogP contribution in [0.4, 0.5) is 0 Å². The fraction of sp³-hybridized carbons (Fsp3) is 0.222. The smallest absolute Gasteiger partial charge is 0.258 e. The molecule has 0 fully saturated rings. The van der Waals surface area contributed by atoms with Crippen LogP contribution < -0.4 is 20.5 Å². The lowest BCUT2D eigenvalue weighted by atomic mass is 10.1. The van der Waals surface area contributed by atoms with Gasteiger partial charge in [-0.1, -0.05) is 18.2 Å². The number of carbonyl (C=O) groups is 2. The molecule has 126 valence electrons. The Hall–Kier alpha value is -3.02. The first-order valence-corrected chi connectivity index (χ1v) is 7.42. The predicted molar refractivity (Wildman–Crippen MR) is 90.0 cm³/mol. The number of nitrogens with two attached hydrogens (primary N) is 1. The first-order valence-electron chi connectivity index (χ1n) is 7.42. The molecule has 3 N–H and O–H groups in total. The molecule has 2 rings (SSSR count). The van der Waals surface area contributed by atoms with Gasteiger partial charge >= 0.3 is 0 Å². The number of methoxy groups -OCH3 is 1. The highest BCUT2D eigenvalue weighted by atomic mass is 16.5. The highest BCUT2D eigenvalue weighted by Gasteiger charge is 2.08. The molecule has 0 aliphatic rings. The van der Waals surface area contributed by atoms with Crippen molar-refractivity contribution < 1.29 is 19.1 Å². The molecule has 0 saturated carbocycles. The van der Waals surface area contributed by atoms with Gasteiger partial charge in [0, 0.05) is 12.1 Å². The number of primary amides is 1. The van der Waals surface area contributed by atoms with Crippen molar-refractivity contribution in [2.24, 2.45) is 5.73 Å². The first kappa shape index (κ1) is 17.3. The quantitative estimate of drug-likeness (QED) is 0.811. The van der Waals surface area contributed by atoms with Gasteiger partial charge in [-0.15, -0.1) is 0 Å². The maximum Gasteiger partial charge on any atom is 0.258 e. The van der Waals surface area contributed by atoms with Gasteiger partial charge in [-0.2, -0.15) is 0 Å². The molecule has 6 heteroatoms. The minimum atomic E-state index is -0.502. The molecule has 0 unspecified atom stereocenters. The first-order chi connectivity index (χ1) is 11.5. The Morgan fingerprint density at radius 2 is 1.92 bits per heavy atom. The average Bonchev–Trinajstić information content (AvgIpc) is 2.58. The molecule has 0 aromatic heterocycles. The van der Waals surface area contributed by atoms with E-state index in [0.717, 1.165) is 11.1 Å². The van der Waals surface area contributed by atoms with E-state index < -0.39 is 5.91 Å². The third kappa shape index (κ3) is 4.74. The molecule has 2 amide bonds. The SMILES string of the molecule is COc1cc(C)ccc1OCC(=O)NCc1cccc(C(N)=O)c1. The lowest BCUT2D eigenvalue weighted by molar-refractivity contribution is -0.123. The summed E-state index contributed by atoms with van der Waals surface area (Å²) in [4.78, 5) is 23.0. The number of nitrogens with one attached hydrogen (secondary N) is 1. The molecule has 0 bridgehead atoms. The van der Waals surface area contributed by atoms with Crippen molar-refractivity contribution in [2.75, 3.05) is 13.7 Å². The Morgan fingerprint density at radius 1 is 1.12 bits per heavy atom. The second kappa shape index (κ2) is 8.01. The zero-order valence-corrected chi connectivity index (χ0v) is 13.7. The lowest BCUT2D eigenvalue weighted by Crippen LogP contribution is -2.28. The van der Waals surface area contributed by atoms with Crippen LogP contribution in [0.3, 0.4) is 0 Å². The molecule has 6 nitrogen and oxygen atoms in total. The van der Waals surface area contributed by atoms with Crippen LogP contribution in [0.25, 0.3) is 0 Å². The summed E-state index contributed by atoms with van der Waals surface area (Å²) in [5.74, 6) is 0.311. The van der Waals surface area contributed by atoms with E-state index >= 15 is 0 Å². The van der Waals surface area contributed by atoms with Crippen molar-refractivity contribution in [3.63, 3.8) is 0 Å². The van der Waals surface area contributed by atoms with Crippen LogP contribution in [-0.2, 0) is 11.3 Å². The number of amides is 2. The van der Waals surface area contributed by atoms with Crippen molar-refractivity contribution in [3.05, 3.63) is 59.2 Å². The molecule has 0 aliphatic carbocycles. The molecule has 0 atom stereocenters. The van der Waals surface area contributed by atoms with Crippen molar-refractivity contribution in [2.45, 2.75) is 13.5 Å². The second-order valence-corrected chi connectivity index (χ2v) is 5.28. The van der Waals surface area contributed by atoms with Crippen LogP contribution in [0, 0.1) is 6.92 Å². The summed E-state index contributed by atoms with van der Waals surface area (Å²) >= 11 is 0. The second-order valence-electron chi connectivity index (χ2n) is 5.28. The van der Waals surface area contributed by atoms with Gasteiger partial charge in [0.05, 0.1) is 7.11 Å². The summed E-state index contributed by atoms with van der Waals surface area (Å²) in [5.41, 5.74) is 7.46. The van der Waals surface area contributed by atoms with Gasteiger partial charge in [-0.05, 0) is 42.3 Å². The minimum Gasteiger partial charge on any atom is -0.493 e. The van der Waals surface area contributed by atoms with Crippen molar-refractivity contribution in [3.8, 4) is 11.5 Å². The van der Waals surface area contributed by atoms with E-state index in [1.165, 1.54) is 0 Å². The fourth-order valence-electron chi connectivity index (χ4n) is 2.12. The molecule has 2 aromatic rings. The minimum absolute atomic E-state index is 0.130. The van der Waals surface area contributed by atoms with Crippen LogP contribution in [0.2, 0.25) is 0 Å². The molecular weight excluding hydrogens is 308 g/mol. The molecule has 0 spiro atoms. The fourth-order valence-corrected chi connectivity index (χ4v) is 2.12. The average molecular weight is 328 g/mol. The van der Waals surface area contributed by atoms with Crippen LogP contribution in [0.1, 0.15) is 21.5 Å². The normalized spacial score (nSPS) is 10.1. The number of hydrogen-bond donors (Lipinski definition) is 2. The Labute approximate surface area is 140 Å². The number of carbonyl (C=O) groups excluding carboxylic acids is 2. The van der Waals surface area contributed by atoms with Gasteiger partial charge < -0.3 is 20.5 Å². The molecule has 0 aliphatic heterocycles. The predicted octanol–water partition coefficient (Wildman–Crippen LogP) is 1.80. The lowest BCUT2D eigenvalue weighted by Gasteiger charge is -2.11. The topological polar surface area (TPSA) is 90.7 Å². The van der Waals surface area contributed by atoms with Crippen molar-refractivity contribution in [1.29, 1.82) is 0 Å². The van der Waals surface area contributed by atoms with Crippen LogP contribution in [0.5, 0.6) is 11.5 Å². The summed E-state index contributed by atoms with van der Waals surface area (Å²) < 4.78 is 10.7. The third-order valence-electron chi connectivity index (χ3n) is 3.38. The van der Waals surface area contributed by atoms with E-state index in [2.05, 4.69) is 5.32 Å². The van der Waals surface area contributed by atoms with Gasteiger partial charge in [-0.25, -0.2) is 0 Å². The maximum absolute atomic E-state index is 11.9. The highest BCUT2D eigenvalue weighted by molar-refractivity contribution is 5.92. The van der Waals surface area contributed by atoms with Gasteiger partial charge in [0.2, 0.25) is 5.91 Å². The van der Waals surface area contributed by atoms with Crippen molar-refractivity contribution in [1.82, 2.24) is 5.32 Å². The number of benzene rings is 2. The van der Waals surface area contributed by atoms with Gasteiger partial charge in [0.1, 0.15) is 0 Å². The van der Waals surface area contributed by atoms with E-state index in [1.54, 1.807) is 37.4 Å². The van der Waals surface area contributed by atoms with E-state index in [4.69, 9.17) is 15.2 Å². The number of rotatable bonds is 7. The molecule has 0 radical (unpaired) electrons. The molecule has 2 aromatic carbocycles. The molecule has 24 heavy (non-hydrogen) atoms. The van der Waals surface area contributed by atoms with Crippen LogP contribution in [-0.4, -0.2) is 25.5 Å². The summed E-state index contributed by atoms with van der Waals surface area (Å²) in [6, 6.07) is 12.3. The van der Waals surface area contributed by atoms with E-state index in [1.807, 2.05) is 19.1 Å². The molecular formula is C18H20N2O4. The molecule has 0 heterocycles. The van der Waals surface area contributed by atoms with Gasteiger partial charge in [-0.3, -0.25) is 9.59 Å². The van der Waals surface area contributed by atoms with E-state index in [-0.39, 0.29) is 19.1 Å². The zero-order chi connectivity index (χ0) is 17.5. The number of ether oxygens (including phenoxy) is 2. The summed E-state index contributed by atoms with van der Waals surface area (Å²) in [6.07, 6.45) is 0. The number of hydrogen-bond acceptors (Lipinski definition) is 4. The highest BCUT2D eigenvalue weighted by Crippen LogP contribution is 2.27. The van der Waals surface area contributed by atoms with Gasteiger partial charge in [0.25, 0.3) is 5.91 Å². The Bertz CT molecular complexity index is 744. The largest absolute Gasteiger partial charge is 0.493 e.